The van der Waals surface area contributed by atoms with Gasteiger partial charge in [-0.2, -0.15) is 0 Å². The summed E-state index contributed by atoms with van der Waals surface area (Å²) in [5, 5.41) is 4.15. The van der Waals surface area contributed by atoms with Crippen LogP contribution in [0.2, 0.25) is 0 Å². The lowest BCUT2D eigenvalue weighted by atomic mass is 10.0. The van der Waals surface area contributed by atoms with Gasteiger partial charge in [0, 0.05) is 42.7 Å². The number of pyridine rings is 2. The summed E-state index contributed by atoms with van der Waals surface area (Å²) >= 11 is 5.79. The van der Waals surface area contributed by atoms with Gasteiger partial charge in [0.05, 0.1) is 30.5 Å². The van der Waals surface area contributed by atoms with Crippen molar-refractivity contribution < 1.29 is 9.53 Å². The Hall–Kier alpha value is -4.04. The number of hydrogen-bond acceptors (Lipinski definition) is 5. The summed E-state index contributed by atoms with van der Waals surface area (Å²) in [5.41, 5.74) is 4.48. The fourth-order valence-corrected chi connectivity index (χ4v) is 4.64. The van der Waals surface area contributed by atoms with Crippen LogP contribution in [-0.4, -0.2) is 37.6 Å². The minimum Gasteiger partial charge on any atom is -0.465 e. The zero-order chi connectivity index (χ0) is 23.5. The number of aromatic nitrogens is 3. The Morgan fingerprint density at radius 2 is 1.91 bits per heavy atom. The first-order valence-electron chi connectivity index (χ1n) is 10.9. The molecule has 1 aliphatic rings. The second-order valence-electron chi connectivity index (χ2n) is 7.96. The molecular weight excluding hydrogens is 446 g/mol. The number of esters is 1. The largest absolute Gasteiger partial charge is 0.465 e. The standard InChI is InChI=1S/C26H23N5O2S/c1-33-25(32)19-9-11-20(12-10-19)30-15-5-8-22(30)24-23(21-7-2-3-14-28-21)29-26(34)31(24)17-18-6-4-13-27-16-18/h2-16,23-24H,17H2,1H3,(H,29,34)/t23-,24-/m0/s1. The number of rotatable bonds is 6. The van der Waals surface area contributed by atoms with Gasteiger partial charge in [-0.15, -0.1) is 0 Å². The van der Waals surface area contributed by atoms with E-state index in [1.165, 1.54) is 7.11 Å². The fraction of sp³-hybridized carbons (Fsp3) is 0.154. The number of thiocarbonyl (C=S) groups is 1. The van der Waals surface area contributed by atoms with Gasteiger partial charge in [-0.25, -0.2) is 4.79 Å². The number of nitrogens with zero attached hydrogens (tertiary/aromatic N) is 4. The molecule has 1 aromatic carbocycles. The first-order valence-corrected chi connectivity index (χ1v) is 11.3. The molecule has 1 saturated heterocycles. The molecule has 0 amide bonds. The predicted molar refractivity (Wildman–Crippen MR) is 132 cm³/mol. The average Bonchev–Trinajstić information content (AvgIpc) is 3.49. The molecule has 2 atom stereocenters. The van der Waals surface area contributed by atoms with E-state index in [0.29, 0.717) is 17.2 Å². The van der Waals surface area contributed by atoms with E-state index in [2.05, 4.69) is 30.8 Å². The smallest absolute Gasteiger partial charge is 0.337 e. The molecule has 3 aromatic heterocycles. The van der Waals surface area contributed by atoms with Crippen LogP contribution in [0.1, 0.15) is 39.4 Å². The third-order valence-electron chi connectivity index (χ3n) is 5.92. The minimum absolute atomic E-state index is 0.113. The van der Waals surface area contributed by atoms with Gasteiger partial charge in [0.25, 0.3) is 0 Å². The summed E-state index contributed by atoms with van der Waals surface area (Å²) in [6.45, 7) is 0.611. The molecule has 34 heavy (non-hydrogen) atoms. The first-order chi connectivity index (χ1) is 16.7. The van der Waals surface area contributed by atoms with Crippen molar-refractivity contribution >= 4 is 23.3 Å². The molecule has 7 nitrogen and oxygen atoms in total. The van der Waals surface area contributed by atoms with Gasteiger partial charge in [0.2, 0.25) is 0 Å². The quantitative estimate of drug-likeness (QED) is 0.335. The lowest BCUT2D eigenvalue weighted by Gasteiger charge is -2.29. The highest BCUT2D eigenvalue weighted by atomic mass is 32.1. The van der Waals surface area contributed by atoms with Crippen molar-refractivity contribution in [2.24, 2.45) is 0 Å². The number of ether oxygens (including phenoxy) is 1. The van der Waals surface area contributed by atoms with Crippen LogP contribution in [0.15, 0.2) is 91.5 Å². The summed E-state index contributed by atoms with van der Waals surface area (Å²) < 4.78 is 6.95. The zero-order valence-electron chi connectivity index (χ0n) is 18.5. The van der Waals surface area contributed by atoms with Crippen molar-refractivity contribution in [3.05, 3.63) is 114 Å². The molecule has 1 aliphatic heterocycles. The number of methoxy groups -OCH3 is 1. The van der Waals surface area contributed by atoms with Crippen LogP contribution in [-0.2, 0) is 11.3 Å². The van der Waals surface area contributed by atoms with Crippen molar-refractivity contribution in [3.8, 4) is 5.69 Å². The summed E-state index contributed by atoms with van der Waals surface area (Å²) in [7, 11) is 1.38. The fourth-order valence-electron chi connectivity index (χ4n) is 4.33. The molecule has 0 unspecified atom stereocenters. The maximum atomic E-state index is 11.9. The van der Waals surface area contributed by atoms with Gasteiger partial charge >= 0.3 is 5.97 Å². The summed E-state index contributed by atoms with van der Waals surface area (Å²) in [4.78, 5) is 22.9. The van der Waals surface area contributed by atoms with Gasteiger partial charge in [-0.1, -0.05) is 12.1 Å². The number of hydrogen-bond donors (Lipinski definition) is 1. The van der Waals surface area contributed by atoms with Gasteiger partial charge in [-0.05, 0) is 72.4 Å². The van der Waals surface area contributed by atoms with Crippen LogP contribution in [0.25, 0.3) is 5.69 Å². The van der Waals surface area contributed by atoms with Gasteiger partial charge in [0.15, 0.2) is 5.11 Å². The van der Waals surface area contributed by atoms with E-state index < -0.39 is 0 Å². The molecular formula is C26H23N5O2S. The van der Waals surface area contributed by atoms with Gasteiger partial charge < -0.3 is 19.5 Å². The van der Waals surface area contributed by atoms with Gasteiger partial charge in [-0.3, -0.25) is 9.97 Å². The SMILES string of the molecule is COC(=O)c1ccc(-n2cccc2[C@H]2[C@H](c3ccccn3)NC(=S)N2Cc2cccnc2)cc1. The second-order valence-corrected chi connectivity index (χ2v) is 8.34. The van der Waals surface area contributed by atoms with Crippen LogP contribution in [0, 0.1) is 0 Å². The van der Waals surface area contributed by atoms with E-state index in [1.54, 1.807) is 24.5 Å². The maximum Gasteiger partial charge on any atom is 0.337 e. The molecule has 5 rings (SSSR count). The number of carbonyl (C=O) groups excluding carboxylic acids is 1. The molecule has 0 spiro atoms. The van der Waals surface area contributed by atoms with Crippen LogP contribution in [0.4, 0.5) is 0 Å². The normalized spacial score (nSPS) is 17.4. The monoisotopic (exact) mass is 469 g/mol. The lowest BCUT2D eigenvalue weighted by Crippen LogP contribution is -2.30. The minimum atomic E-state index is -0.359. The van der Waals surface area contributed by atoms with E-state index >= 15 is 0 Å². The number of carbonyl (C=O) groups is 1. The molecule has 4 heterocycles. The highest BCUT2D eigenvalue weighted by molar-refractivity contribution is 7.80. The van der Waals surface area contributed by atoms with Crippen molar-refractivity contribution in [3.63, 3.8) is 0 Å². The van der Waals surface area contributed by atoms with E-state index in [4.69, 9.17) is 17.0 Å². The number of benzene rings is 1. The molecule has 0 saturated carbocycles. The molecule has 1 N–H and O–H groups in total. The predicted octanol–water partition coefficient (Wildman–Crippen LogP) is 4.23. The van der Waals surface area contributed by atoms with Crippen molar-refractivity contribution in [2.45, 2.75) is 18.6 Å². The molecule has 0 bridgehead atoms. The molecule has 8 heteroatoms. The topological polar surface area (TPSA) is 72.3 Å². The molecule has 0 aliphatic carbocycles. The summed E-state index contributed by atoms with van der Waals surface area (Å²) in [6, 6.07) is 21.1. The average molecular weight is 470 g/mol. The Kier molecular flexibility index (Phi) is 6.05. The second kappa shape index (κ2) is 9.44. The van der Waals surface area contributed by atoms with E-state index in [9.17, 15) is 4.79 Å². The Morgan fingerprint density at radius 1 is 1.06 bits per heavy atom. The first kappa shape index (κ1) is 21.8. The van der Waals surface area contributed by atoms with Crippen LogP contribution >= 0.6 is 12.2 Å². The Morgan fingerprint density at radius 3 is 2.62 bits per heavy atom. The third-order valence-corrected chi connectivity index (χ3v) is 6.28. The highest BCUT2D eigenvalue weighted by Crippen LogP contribution is 2.40. The molecule has 170 valence electrons. The van der Waals surface area contributed by atoms with Gasteiger partial charge in [0.1, 0.15) is 0 Å². The van der Waals surface area contributed by atoms with E-state index in [-0.39, 0.29) is 18.1 Å². The van der Waals surface area contributed by atoms with Crippen LogP contribution in [0.5, 0.6) is 0 Å². The van der Waals surface area contributed by atoms with Crippen LogP contribution < -0.4 is 5.32 Å². The van der Waals surface area contributed by atoms with E-state index in [0.717, 1.165) is 22.6 Å². The van der Waals surface area contributed by atoms with Crippen molar-refractivity contribution in [2.75, 3.05) is 7.11 Å². The maximum absolute atomic E-state index is 11.9. The zero-order valence-corrected chi connectivity index (χ0v) is 19.4. The van der Waals surface area contributed by atoms with Crippen molar-refractivity contribution in [1.82, 2.24) is 24.8 Å². The summed E-state index contributed by atoms with van der Waals surface area (Å²) in [6.07, 6.45) is 7.44. The van der Waals surface area contributed by atoms with Crippen LogP contribution in [0.3, 0.4) is 0 Å². The Labute approximate surface area is 203 Å². The molecule has 0 radical (unpaired) electrons. The third kappa shape index (κ3) is 4.15. The van der Waals surface area contributed by atoms with E-state index in [1.807, 2.05) is 60.9 Å². The van der Waals surface area contributed by atoms with Crippen molar-refractivity contribution in [1.29, 1.82) is 0 Å². The molecule has 1 fully saturated rings. The Bertz CT molecular complexity index is 1290. The Balaban J connectivity index is 1.56. The summed E-state index contributed by atoms with van der Waals surface area (Å²) in [5.74, 6) is -0.359. The molecule has 4 aromatic rings. The number of nitrogens with one attached hydrogen (secondary N) is 1. The highest BCUT2D eigenvalue weighted by Gasteiger charge is 2.41. The lowest BCUT2D eigenvalue weighted by molar-refractivity contribution is 0.0600.